The van der Waals surface area contributed by atoms with E-state index in [1.54, 1.807) is 23.5 Å². The molecule has 0 radical (unpaired) electrons. The van der Waals surface area contributed by atoms with Crippen molar-refractivity contribution >= 4 is 29.5 Å². The van der Waals surface area contributed by atoms with E-state index in [2.05, 4.69) is 13.8 Å². The lowest BCUT2D eigenvalue weighted by atomic mass is 10.0. The summed E-state index contributed by atoms with van der Waals surface area (Å²) in [6.07, 6.45) is 2.23. The van der Waals surface area contributed by atoms with Crippen LogP contribution in [0.3, 0.4) is 0 Å². The second-order valence-corrected chi connectivity index (χ2v) is 6.69. The molecule has 1 fully saturated rings. The van der Waals surface area contributed by atoms with Crippen molar-refractivity contribution in [1.29, 1.82) is 0 Å². The molecule has 1 aliphatic rings. The Morgan fingerprint density at radius 2 is 2.00 bits per heavy atom. The Labute approximate surface area is 101 Å². The van der Waals surface area contributed by atoms with Crippen LogP contribution < -0.4 is 0 Å². The van der Waals surface area contributed by atoms with Crippen LogP contribution in [0.15, 0.2) is 0 Å². The van der Waals surface area contributed by atoms with Gasteiger partial charge < -0.3 is 4.74 Å². The lowest BCUT2D eigenvalue weighted by Crippen LogP contribution is -2.42. The highest BCUT2D eigenvalue weighted by molar-refractivity contribution is 8.19. The van der Waals surface area contributed by atoms with Crippen molar-refractivity contribution in [2.75, 3.05) is 18.1 Å². The molecule has 1 atom stereocenters. The van der Waals surface area contributed by atoms with Gasteiger partial charge in [0, 0.05) is 0 Å². The minimum atomic E-state index is -0.330. The number of rotatable bonds is 4. The minimum Gasteiger partial charge on any atom is -0.464 e. The van der Waals surface area contributed by atoms with Gasteiger partial charge in [0.1, 0.15) is 0 Å². The van der Waals surface area contributed by atoms with E-state index in [0.29, 0.717) is 12.5 Å². The topological polar surface area (TPSA) is 26.3 Å². The van der Waals surface area contributed by atoms with Crippen LogP contribution in [-0.4, -0.2) is 28.2 Å². The monoisotopic (exact) mass is 248 g/mol. The smallest absolute Gasteiger partial charge is 0.332 e. The molecule has 0 aliphatic carbocycles. The Morgan fingerprint density at radius 3 is 2.47 bits per heavy atom. The average Bonchev–Trinajstić information content (AvgIpc) is 2.29. The zero-order chi connectivity index (χ0) is 11.3. The number of hydrogen-bond donors (Lipinski definition) is 0. The molecule has 0 aromatic carbocycles. The molecule has 4 heteroatoms. The summed E-state index contributed by atoms with van der Waals surface area (Å²) in [4.78, 5) is 12.1. The van der Waals surface area contributed by atoms with Gasteiger partial charge in [-0.25, -0.2) is 4.79 Å². The number of thioether (sulfide) groups is 2. The fourth-order valence-electron chi connectivity index (χ4n) is 1.65. The van der Waals surface area contributed by atoms with E-state index in [9.17, 15) is 4.79 Å². The molecule has 2 nitrogen and oxygen atoms in total. The van der Waals surface area contributed by atoms with Crippen molar-refractivity contribution in [3.63, 3.8) is 0 Å². The molecule has 0 N–H and O–H groups in total. The molecule has 1 aliphatic heterocycles. The van der Waals surface area contributed by atoms with Crippen LogP contribution in [-0.2, 0) is 9.53 Å². The predicted octanol–water partition coefficient (Wildman–Crippen LogP) is 3.16. The molecular formula is C11H20O2S2. The van der Waals surface area contributed by atoms with Gasteiger partial charge in [0.15, 0.2) is 4.08 Å². The van der Waals surface area contributed by atoms with Gasteiger partial charge in [0.05, 0.1) is 6.61 Å². The van der Waals surface area contributed by atoms with Crippen LogP contribution in [0.25, 0.3) is 0 Å². The number of hydrogen-bond acceptors (Lipinski definition) is 4. The molecule has 1 rings (SSSR count). The number of ether oxygens (including phenoxy) is 1. The van der Waals surface area contributed by atoms with E-state index < -0.39 is 0 Å². The molecule has 15 heavy (non-hydrogen) atoms. The summed E-state index contributed by atoms with van der Waals surface area (Å²) >= 11 is 3.56. The van der Waals surface area contributed by atoms with Crippen LogP contribution in [0.4, 0.5) is 0 Å². The molecule has 0 saturated carbocycles. The SMILES string of the molecule is CCOC(=O)C1(C(C)CC)SCCCS1. The first-order valence-corrected chi connectivity index (χ1v) is 7.59. The Bertz CT molecular complexity index is 213. The summed E-state index contributed by atoms with van der Waals surface area (Å²) in [5, 5.41) is 0. The van der Waals surface area contributed by atoms with Crippen molar-refractivity contribution in [2.45, 2.75) is 37.7 Å². The molecule has 0 amide bonds. The van der Waals surface area contributed by atoms with E-state index in [1.807, 2.05) is 6.92 Å². The lowest BCUT2D eigenvalue weighted by Gasteiger charge is -2.37. The fourth-order valence-corrected chi connectivity index (χ4v) is 5.11. The molecule has 1 unspecified atom stereocenters. The van der Waals surface area contributed by atoms with Gasteiger partial charge in [-0.15, -0.1) is 23.5 Å². The molecule has 1 heterocycles. The Hall–Kier alpha value is 0.170. The molecular weight excluding hydrogens is 228 g/mol. The van der Waals surface area contributed by atoms with Crippen molar-refractivity contribution in [2.24, 2.45) is 5.92 Å². The first-order chi connectivity index (χ1) is 7.17. The predicted molar refractivity (Wildman–Crippen MR) is 68.4 cm³/mol. The minimum absolute atomic E-state index is 0.0194. The quantitative estimate of drug-likeness (QED) is 0.714. The van der Waals surface area contributed by atoms with Gasteiger partial charge in [-0.1, -0.05) is 20.3 Å². The highest BCUT2D eigenvalue weighted by atomic mass is 32.2. The highest BCUT2D eigenvalue weighted by Crippen LogP contribution is 2.49. The van der Waals surface area contributed by atoms with Gasteiger partial charge in [-0.05, 0) is 30.8 Å². The van der Waals surface area contributed by atoms with E-state index in [1.165, 1.54) is 6.42 Å². The molecule has 1 saturated heterocycles. The Balaban J connectivity index is 2.79. The van der Waals surface area contributed by atoms with E-state index in [-0.39, 0.29) is 10.0 Å². The third-order valence-corrected chi connectivity index (χ3v) is 6.43. The van der Waals surface area contributed by atoms with Crippen molar-refractivity contribution in [3.05, 3.63) is 0 Å². The Morgan fingerprint density at radius 1 is 1.40 bits per heavy atom. The molecule has 0 aromatic heterocycles. The van der Waals surface area contributed by atoms with Crippen LogP contribution in [0.2, 0.25) is 0 Å². The maximum absolute atomic E-state index is 12.1. The van der Waals surface area contributed by atoms with Gasteiger partial charge in [-0.2, -0.15) is 0 Å². The lowest BCUT2D eigenvalue weighted by molar-refractivity contribution is -0.144. The van der Waals surface area contributed by atoms with Crippen LogP contribution in [0.5, 0.6) is 0 Å². The summed E-state index contributed by atoms with van der Waals surface area (Å²) in [7, 11) is 0. The van der Waals surface area contributed by atoms with E-state index in [4.69, 9.17) is 4.74 Å². The second kappa shape index (κ2) is 6.04. The van der Waals surface area contributed by atoms with E-state index in [0.717, 1.165) is 17.9 Å². The maximum Gasteiger partial charge on any atom is 0.332 e. The van der Waals surface area contributed by atoms with Gasteiger partial charge in [-0.3, -0.25) is 0 Å². The van der Waals surface area contributed by atoms with Crippen molar-refractivity contribution < 1.29 is 9.53 Å². The fraction of sp³-hybridized carbons (Fsp3) is 0.909. The molecule has 0 aromatic rings. The highest BCUT2D eigenvalue weighted by Gasteiger charge is 2.46. The third kappa shape index (κ3) is 2.84. The van der Waals surface area contributed by atoms with Crippen LogP contribution >= 0.6 is 23.5 Å². The van der Waals surface area contributed by atoms with Crippen LogP contribution in [0, 0.1) is 5.92 Å². The number of esters is 1. The first-order valence-electron chi connectivity index (χ1n) is 5.62. The summed E-state index contributed by atoms with van der Waals surface area (Å²) in [5.41, 5.74) is 0. The van der Waals surface area contributed by atoms with E-state index >= 15 is 0 Å². The molecule has 0 spiro atoms. The zero-order valence-electron chi connectivity index (χ0n) is 9.75. The normalized spacial score (nSPS) is 22.1. The second-order valence-electron chi connectivity index (χ2n) is 3.75. The summed E-state index contributed by atoms with van der Waals surface area (Å²) < 4.78 is 4.90. The average molecular weight is 248 g/mol. The number of carbonyl (C=O) groups excluding carboxylic acids is 1. The first kappa shape index (κ1) is 13.2. The molecule has 0 bridgehead atoms. The van der Waals surface area contributed by atoms with Gasteiger partial charge >= 0.3 is 5.97 Å². The van der Waals surface area contributed by atoms with Gasteiger partial charge in [0.25, 0.3) is 0 Å². The largest absolute Gasteiger partial charge is 0.464 e. The van der Waals surface area contributed by atoms with Crippen molar-refractivity contribution in [1.82, 2.24) is 0 Å². The number of carbonyl (C=O) groups is 1. The zero-order valence-corrected chi connectivity index (χ0v) is 11.4. The molecule has 88 valence electrons. The van der Waals surface area contributed by atoms with Gasteiger partial charge in [0.2, 0.25) is 0 Å². The third-order valence-electron chi connectivity index (χ3n) is 2.74. The van der Waals surface area contributed by atoms with Crippen LogP contribution in [0.1, 0.15) is 33.6 Å². The summed E-state index contributed by atoms with van der Waals surface area (Å²) in [6.45, 7) is 6.65. The maximum atomic E-state index is 12.1. The summed E-state index contributed by atoms with van der Waals surface area (Å²) in [5.74, 6) is 2.52. The van der Waals surface area contributed by atoms with Crippen molar-refractivity contribution in [3.8, 4) is 0 Å². The standard InChI is InChI=1S/C11H20O2S2/c1-4-9(3)11(10(12)13-5-2)14-7-6-8-15-11/h9H,4-8H2,1-3H3. The Kier molecular flexibility index (Phi) is 5.33. The summed E-state index contributed by atoms with van der Waals surface area (Å²) in [6, 6.07) is 0.